The molecule has 3 N–H and O–H groups in total. The van der Waals surface area contributed by atoms with E-state index in [2.05, 4.69) is 22.2 Å². The van der Waals surface area contributed by atoms with Crippen molar-refractivity contribution < 1.29 is 0 Å². The number of hydrogen-bond donors (Lipinski definition) is 2. The van der Waals surface area contributed by atoms with Gasteiger partial charge in [-0.1, -0.05) is 37.8 Å². The second-order valence-corrected chi connectivity index (χ2v) is 5.11. The second-order valence-electron chi connectivity index (χ2n) is 4.71. The third-order valence-electron chi connectivity index (χ3n) is 3.46. The van der Waals surface area contributed by atoms with Gasteiger partial charge in [-0.2, -0.15) is 4.98 Å². The molecule has 17 heavy (non-hydrogen) atoms. The molecule has 2 unspecified atom stereocenters. The van der Waals surface area contributed by atoms with Crippen LogP contribution in [0.1, 0.15) is 39.0 Å². The minimum atomic E-state index is 0.264. The van der Waals surface area contributed by atoms with Crippen LogP contribution in [0.5, 0.6) is 0 Å². The van der Waals surface area contributed by atoms with Gasteiger partial charge in [0.25, 0.3) is 0 Å². The van der Waals surface area contributed by atoms with Crippen LogP contribution in [0.4, 0.5) is 11.8 Å². The first-order valence-corrected chi connectivity index (χ1v) is 6.61. The average Bonchev–Trinajstić information content (AvgIpc) is 2.34. The van der Waals surface area contributed by atoms with Gasteiger partial charge in [0, 0.05) is 6.04 Å². The van der Waals surface area contributed by atoms with E-state index in [4.69, 9.17) is 17.3 Å². The van der Waals surface area contributed by atoms with Gasteiger partial charge in [0.2, 0.25) is 5.95 Å². The number of nitrogen functional groups attached to an aromatic ring is 1. The zero-order valence-corrected chi connectivity index (χ0v) is 10.9. The van der Waals surface area contributed by atoms with Crippen LogP contribution in [0, 0.1) is 5.92 Å². The van der Waals surface area contributed by atoms with E-state index in [1.54, 1.807) is 6.20 Å². The quantitative estimate of drug-likeness (QED) is 0.870. The minimum absolute atomic E-state index is 0.264. The van der Waals surface area contributed by atoms with Crippen LogP contribution in [-0.4, -0.2) is 16.0 Å². The molecule has 0 aliphatic heterocycles. The molecule has 0 bridgehead atoms. The number of nitrogens with two attached hydrogens (primary N) is 1. The van der Waals surface area contributed by atoms with Gasteiger partial charge in [0.1, 0.15) is 5.02 Å². The Balaban J connectivity index is 2.02. The summed E-state index contributed by atoms with van der Waals surface area (Å²) in [6, 6.07) is 0.459. The number of hydrogen-bond acceptors (Lipinski definition) is 4. The van der Waals surface area contributed by atoms with E-state index in [0.717, 1.165) is 5.92 Å². The van der Waals surface area contributed by atoms with Crippen LogP contribution in [0.15, 0.2) is 6.20 Å². The molecule has 2 atom stereocenters. The summed E-state index contributed by atoms with van der Waals surface area (Å²) in [5.74, 6) is 1.75. The number of rotatable bonds is 3. The summed E-state index contributed by atoms with van der Waals surface area (Å²) < 4.78 is 0. The van der Waals surface area contributed by atoms with Crippen molar-refractivity contribution in [1.29, 1.82) is 0 Å². The lowest BCUT2D eigenvalue weighted by Gasteiger charge is -2.29. The van der Waals surface area contributed by atoms with Gasteiger partial charge < -0.3 is 11.1 Å². The lowest BCUT2D eigenvalue weighted by atomic mass is 9.84. The first-order valence-electron chi connectivity index (χ1n) is 6.23. The molecule has 1 aromatic heterocycles. The molecule has 4 nitrogen and oxygen atoms in total. The molecule has 94 valence electrons. The highest BCUT2D eigenvalue weighted by Gasteiger charge is 2.21. The molecular weight excluding hydrogens is 236 g/mol. The lowest BCUT2D eigenvalue weighted by molar-refractivity contribution is 0.327. The van der Waals surface area contributed by atoms with E-state index in [1.165, 1.54) is 32.1 Å². The molecule has 0 radical (unpaired) electrons. The summed E-state index contributed by atoms with van der Waals surface area (Å²) in [5, 5.41) is 3.93. The summed E-state index contributed by atoms with van der Waals surface area (Å²) in [7, 11) is 0. The minimum Gasteiger partial charge on any atom is -0.368 e. The Bertz CT molecular complexity index is 383. The first kappa shape index (κ1) is 12.4. The van der Waals surface area contributed by atoms with Crippen molar-refractivity contribution in [3.05, 3.63) is 11.2 Å². The number of nitrogens with zero attached hydrogens (tertiary/aromatic N) is 2. The van der Waals surface area contributed by atoms with Crippen molar-refractivity contribution in [2.45, 2.75) is 45.1 Å². The summed E-state index contributed by atoms with van der Waals surface area (Å²) >= 11 is 6.04. The van der Waals surface area contributed by atoms with Crippen molar-refractivity contribution in [2.75, 3.05) is 11.1 Å². The normalized spacial score (nSPS) is 24.6. The third kappa shape index (κ3) is 3.22. The summed E-state index contributed by atoms with van der Waals surface area (Å²) in [6.45, 7) is 2.25. The van der Waals surface area contributed by atoms with E-state index in [9.17, 15) is 0 Å². The highest BCUT2D eigenvalue weighted by atomic mass is 35.5. The maximum absolute atomic E-state index is 6.04. The summed E-state index contributed by atoms with van der Waals surface area (Å²) in [5.41, 5.74) is 5.57. The Kier molecular flexibility index (Phi) is 4.05. The lowest BCUT2D eigenvalue weighted by Crippen LogP contribution is -2.27. The van der Waals surface area contributed by atoms with Gasteiger partial charge in [-0.25, -0.2) is 4.98 Å². The zero-order valence-electron chi connectivity index (χ0n) is 10.1. The molecule has 5 heteroatoms. The van der Waals surface area contributed by atoms with Crippen molar-refractivity contribution in [3.8, 4) is 0 Å². The van der Waals surface area contributed by atoms with Gasteiger partial charge in [-0.15, -0.1) is 0 Å². The fourth-order valence-corrected chi connectivity index (χ4v) is 2.61. The number of nitrogens with one attached hydrogen (secondary N) is 1. The van der Waals surface area contributed by atoms with Crippen LogP contribution in [-0.2, 0) is 0 Å². The Morgan fingerprint density at radius 1 is 1.53 bits per heavy atom. The van der Waals surface area contributed by atoms with Crippen LogP contribution < -0.4 is 11.1 Å². The van der Waals surface area contributed by atoms with Gasteiger partial charge in [0.15, 0.2) is 5.82 Å². The molecule has 1 fully saturated rings. The molecule has 0 spiro atoms. The Morgan fingerprint density at radius 2 is 2.35 bits per heavy atom. The SMILES string of the molecule is CCC1CCCC(Nc2nc(N)ncc2Cl)C1. The molecule has 1 aliphatic rings. The summed E-state index contributed by atoms with van der Waals surface area (Å²) in [6.07, 6.45) is 7.78. The number of aromatic nitrogens is 2. The zero-order chi connectivity index (χ0) is 12.3. The highest BCUT2D eigenvalue weighted by molar-refractivity contribution is 6.32. The Labute approximate surface area is 107 Å². The fourth-order valence-electron chi connectivity index (χ4n) is 2.47. The highest BCUT2D eigenvalue weighted by Crippen LogP contribution is 2.29. The van der Waals surface area contributed by atoms with Crippen molar-refractivity contribution >= 4 is 23.4 Å². The molecule has 0 aromatic carbocycles. The van der Waals surface area contributed by atoms with E-state index < -0.39 is 0 Å². The first-order chi connectivity index (χ1) is 8.19. The Hall–Kier alpha value is -1.03. The van der Waals surface area contributed by atoms with Crippen molar-refractivity contribution in [2.24, 2.45) is 5.92 Å². The van der Waals surface area contributed by atoms with Gasteiger partial charge in [-0.3, -0.25) is 0 Å². The molecule has 1 saturated carbocycles. The maximum atomic E-state index is 6.04. The largest absolute Gasteiger partial charge is 0.368 e. The predicted molar refractivity (Wildman–Crippen MR) is 71.1 cm³/mol. The van der Waals surface area contributed by atoms with Crippen LogP contribution >= 0.6 is 11.6 Å². The van der Waals surface area contributed by atoms with Gasteiger partial charge in [-0.05, 0) is 18.8 Å². The molecule has 0 saturated heterocycles. The van der Waals surface area contributed by atoms with Gasteiger partial charge in [0.05, 0.1) is 6.20 Å². The monoisotopic (exact) mass is 254 g/mol. The summed E-state index contributed by atoms with van der Waals surface area (Å²) in [4.78, 5) is 8.00. The van der Waals surface area contributed by atoms with Crippen LogP contribution in [0.2, 0.25) is 5.02 Å². The van der Waals surface area contributed by atoms with E-state index in [0.29, 0.717) is 16.9 Å². The average molecular weight is 255 g/mol. The van der Waals surface area contributed by atoms with E-state index >= 15 is 0 Å². The van der Waals surface area contributed by atoms with Crippen LogP contribution in [0.3, 0.4) is 0 Å². The molecule has 1 aliphatic carbocycles. The fraction of sp³-hybridized carbons (Fsp3) is 0.667. The molecule has 2 rings (SSSR count). The Morgan fingerprint density at radius 3 is 3.12 bits per heavy atom. The molecular formula is C12H19ClN4. The van der Waals surface area contributed by atoms with E-state index in [-0.39, 0.29) is 5.95 Å². The predicted octanol–water partition coefficient (Wildman–Crippen LogP) is 3.09. The van der Waals surface area contributed by atoms with E-state index in [1.807, 2.05) is 0 Å². The topological polar surface area (TPSA) is 63.8 Å². The smallest absolute Gasteiger partial charge is 0.222 e. The second kappa shape index (κ2) is 5.54. The van der Waals surface area contributed by atoms with Gasteiger partial charge >= 0.3 is 0 Å². The number of halogens is 1. The third-order valence-corrected chi connectivity index (χ3v) is 3.74. The standard InChI is InChI=1S/C12H19ClN4/c1-2-8-4-3-5-9(6-8)16-11-10(13)7-15-12(14)17-11/h7-9H,2-6H2,1H3,(H3,14,15,16,17). The van der Waals surface area contributed by atoms with Crippen molar-refractivity contribution in [1.82, 2.24) is 9.97 Å². The maximum Gasteiger partial charge on any atom is 0.222 e. The number of anilines is 2. The van der Waals surface area contributed by atoms with Crippen LogP contribution in [0.25, 0.3) is 0 Å². The molecule has 0 amide bonds. The van der Waals surface area contributed by atoms with Crippen molar-refractivity contribution in [3.63, 3.8) is 0 Å². The molecule has 1 aromatic rings. The molecule has 1 heterocycles.